The van der Waals surface area contributed by atoms with Crippen molar-refractivity contribution in [3.63, 3.8) is 0 Å². The van der Waals surface area contributed by atoms with Crippen molar-refractivity contribution >= 4 is 39.3 Å². The Hall–Kier alpha value is -1.80. The van der Waals surface area contributed by atoms with Crippen molar-refractivity contribution in [3.8, 4) is 0 Å². The fourth-order valence-electron chi connectivity index (χ4n) is 3.05. The summed E-state index contributed by atoms with van der Waals surface area (Å²) in [6, 6.07) is 13.3. The van der Waals surface area contributed by atoms with E-state index in [9.17, 15) is 13.2 Å². The Bertz CT molecular complexity index is 928. The van der Waals surface area contributed by atoms with Crippen molar-refractivity contribution in [3.05, 3.63) is 64.1 Å². The van der Waals surface area contributed by atoms with Gasteiger partial charge in [0.05, 0.1) is 5.02 Å². The number of sulfonamides is 1. The van der Waals surface area contributed by atoms with Gasteiger partial charge in [0.25, 0.3) is 0 Å². The van der Waals surface area contributed by atoms with Crippen LogP contribution in [-0.2, 0) is 16.6 Å². The van der Waals surface area contributed by atoms with Gasteiger partial charge in [-0.3, -0.25) is 0 Å². The number of rotatable bonds is 5. The first-order valence-electron chi connectivity index (χ1n) is 8.90. The molecule has 2 N–H and O–H groups in total. The van der Waals surface area contributed by atoms with E-state index in [1.54, 1.807) is 30.3 Å². The third-order valence-electron chi connectivity index (χ3n) is 4.61. The van der Waals surface area contributed by atoms with E-state index in [0.717, 1.165) is 5.56 Å². The molecule has 2 amide bonds. The summed E-state index contributed by atoms with van der Waals surface area (Å²) in [5.41, 5.74) is 0.945. The number of carbonyl (C=O) groups is 1. The van der Waals surface area contributed by atoms with Gasteiger partial charge in [-0.2, -0.15) is 4.31 Å². The number of urea groups is 1. The summed E-state index contributed by atoms with van der Waals surface area (Å²) in [4.78, 5) is 12.2. The van der Waals surface area contributed by atoms with E-state index in [-0.39, 0.29) is 22.0 Å². The normalized spacial score (nSPS) is 15.9. The highest BCUT2D eigenvalue weighted by Crippen LogP contribution is 2.26. The largest absolute Gasteiger partial charge is 0.335 e. The molecule has 0 saturated carbocycles. The van der Waals surface area contributed by atoms with Gasteiger partial charge in [0.2, 0.25) is 10.0 Å². The Kier molecular flexibility index (Phi) is 6.82. The number of piperidine rings is 1. The van der Waals surface area contributed by atoms with Crippen LogP contribution in [0.5, 0.6) is 0 Å². The first-order chi connectivity index (χ1) is 13.4. The predicted octanol–water partition coefficient (Wildman–Crippen LogP) is 3.65. The lowest BCUT2D eigenvalue weighted by Gasteiger charge is -2.31. The summed E-state index contributed by atoms with van der Waals surface area (Å²) in [7, 11) is -3.63. The average Bonchev–Trinajstić information content (AvgIpc) is 2.68. The number of hydrogen-bond donors (Lipinski definition) is 2. The van der Waals surface area contributed by atoms with E-state index >= 15 is 0 Å². The SMILES string of the molecule is O=C(NCc1ccc(Cl)cc1)NC1CCN(S(=O)(=O)c2ccccc2Cl)CC1. The van der Waals surface area contributed by atoms with Gasteiger partial charge < -0.3 is 10.6 Å². The van der Waals surface area contributed by atoms with Crippen LogP contribution in [0.3, 0.4) is 0 Å². The molecule has 0 aromatic heterocycles. The lowest BCUT2D eigenvalue weighted by molar-refractivity contribution is 0.227. The summed E-state index contributed by atoms with van der Waals surface area (Å²) < 4.78 is 26.9. The highest BCUT2D eigenvalue weighted by atomic mass is 35.5. The topological polar surface area (TPSA) is 78.5 Å². The van der Waals surface area contributed by atoms with Crippen LogP contribution in [-0.4, -0.2) is 37.9 Å². The molecular weight excluding hydrogens is 421 g/mol. The maximum Gasteiger partial charge on any atom is 0.315 e. The first-order valence-corrected chi connectivity index (χ1v) is 11.1. The predicted molar refractivity (Wildman–Crippen MR) is 110 cm³/mol. The van der Waals surface area contributed by atoms with Gasteiger partial charge >= 0.3 is 6.03 Å². The lowest BCUT2D eigenvalue weighted by atomic mass is 10.1. The second-order valence-electron chi connectivity index (χ2n) is 6.56. The van der Waals surface area contributed by atoms with Gasteiger partial charge in [-0.1, -0.05) is 47.5 Å². The Labute approximate surface area is 174 Å². The zero-order valence-electron chi connectivity index (χ0n) is 15.1. The standard InChI is InChI=1S/C19H21Cl2N3O3S/c20-15-7-5-14(6-8-15)13-22-19(25)23-16-9-11-24(12-10-16)28(26,27)18-4-2-1-3-17(18)21/h1-8,16H,9-13H2,(H2,22,23,25). The molecule has 0 radical (unpaired) electrons. The molecule has 2 aromatic carbocycles. The first kappa shape index (κ1) is 20.9. The molecule has 9 heteroatoms. The van der Waals surface area contributed by atoms with Crippen molar-refractivity contribution in [2.45, 2.75) is 30.3 Å². The molecule has 0 unspecified atom stereocenters. The van der Waals surface area contributed by atoms with Gasteiger partial charge in [-0.25, -0.2) is 13.2 Å². The molecule has 28 heavy (non-hydrogen) atoms. The molecule has 0 spiro atoms. The number of amides is 2. The molecule has 3 rings (SSSR count). The molecule has 1 heterocycles. The fourth-order valence-corrected chi connectivity index (χ4v) is 5.14. The third-order valence-corrected chi connectivity index (χ3v) is 7.26. The average molecular weight is 442 g/mol. The van der Waals surface area contributed by atoms with Crippen LogP contribution in [0.25, 0.3) is 0 Å². The minimum absolute atomic E-state index is 0.0806. The number of benzene rings is 2. The molecule has 1 aliphatic heterocycles. The number of nitrogens with zero attached hydrogens (tertiary/aromatic N) is 1. The smallest absolute Gasteiger partial charge is 0.315 e. The quantitative estimate of drug-likeness (QED) is 0.742. The Morgan fingerprint density at radius 1 is 1.04 bits per heavy atom. The van der Waals surface area contributed by atoms with Gasteiger partial charge in [0.15, 0.2) is 0 Å². The van der Waals surface area contributed by atoms with Crippen molar-refractivity contribution < 1.29 is 13.2 Å². The van der Waals surface area contributed by atoms with Crippen molar-refractivity contribution in [2.24, 2.45) is 0 Å². The minimum atomic E-state index is -3.63. The minimum Gasteiger partial charge on any atom is -0.335 e. The highest BCUT2D eigenvalue weighted by Gasteiger charge is 2.31. The molecule has 6 nitrogen and oxygen atoms in total. The number of nitrogens with one attached hydrogen (secondary N) is 2. The van der Waals surface area contributed by atoms with Crippen LogP contribution < -0.4 is 10.6 Å². The van der Waals surface area contributed by atoms with Gasteiger partial charge in [0, 0.05) is 30.7 Å². The van der Waals surface area contributed by atoms with Crippen LogP contribution in [0.2, 0.25) is 10.0 Å². The summed E-state index contributed by atoms with van der Waals surface area (Å²) in [5, 5.41) is 6.56. The van der Waals surface area contributed by atoms with E-state index in [4.69, 9.17) is 23.2 Å². The fraction of sp³-hybridized carbons (Fsp3) is 0.316. The molecule has 1 fully saturated rings. The van der Waals surface area contributed by atoms with Crippen molar-refractivity contribution in [1.29, 1.82) is 0 Å². The van der Waals surface area contributed by atoms with Crippen LogP contribution in [0.15, 0.2) is 53.4 Å². The molecule has 1 aliphatic rings. The molecule has 0 bridgehead atoms. The van der Waals surface area contributed by atoms with E-state index in [1.807, 2.05) is 12.1 Å². The molecule has 0 atom stereocenters. The summed E-state index contributed by atoms with van der Waals surface area (Å²) in [6.07, 6.45) is 1.08. The number of hydrogen-bond acceptors (Lipinski definition) is 3. The van der Waals surface area contributed by atoms with Crippen molar-refractivity contribution in [2.75, 3.05) is 13.1 Å². The Morgan fingerprint density at radius 2 is 1.68 bits per heavy atom. The van der Waals surface area contributed by atoms with Gasteiger partial charge in [-0.15, -0.1) is 0 Å². The van der Waals surface area contributed by atoms with Crippen LogP contribution in [0.4, 0.5) is 4.79 Å². The molecule has 0 aliphatic carbocycles. The third kappa shape index (κ3) is 5.17. The Balaban J connectivity index is 1.49. The summed E-state index contributed by atoms with van der Waals surface area (Å²) >= 11 is 11.9. The zero-order valence-corrected chi connectivity index (χ0v) is 17.4. The second-order valence-corrected chi connectivity index (χ2v) is 9.31. The lowest BCUT2D eigenvalue weighted by Crippen LogP contribution is -2.48. The van der Waals surface area contributed by atoms with Crippen molar-refractivity contribution in [1.82, 2.24) is 14.9 Å². The van der Waals surface area contributed by atoms with Gasteiger partial charge in [0.1, 0.15) is 4.90 Å². The highest BCUT2D eigenvalue weighted by molar-refractivity contribution is 7.89. The van der Waals surface area contributed by atoms with Crippen LogP contribution >= 0.6 is 23.2 Å². The number of carbonyl (C=O) groups excluding carboxylic acids is 1. The molecule has 150 valence electrons. The van der Waals surface area contributed by atoms with E-state index in [2.05, 4.69) is 10.6 Å². The van der Waals surface area contributed by atoms with Crippen LogP contribution in [0.1, 0.15) is 18.4 Å². The monoisotopic (exact) mass is 441 g/mol. The molecular formula is C19H21Cl2N3O3S. The van der Waals surface area contributed by atoms with Crippen LogP contribution in [0, 0.1) is 0 Å². The van der Waals surface area contributed by atoms with E-state index in [0.29, 0.717) is 37.5 Å². The van der Waals surface area contributed by atoms with E-state index < -0.39 is 10.0 Å². The van der Waals surface area contributed by atoms with Gasteiger partial charge in [-0.05, 0) is 42.7 Å². The van der Waals surface area contributed by atoms with E-state index in [1.165, 1.54) is 10.4 Å². The summed E-state index contributed by atoms with van der Waals surface area (Å²) in [6.45, 7) is 1.05. The maximum absolute atomic E-state index is 12.8. The molecule has 2 aromatic rings. The Morgan fingerprint density at radius 3 is 2.32 bits per heavy atom. The number of halogens is 2. The maximum atomic E-state index is 12.8. The molecule has 1 saturated heterocycles. The second kappa shape index (κ2) is 9.13. The zero-order chi connectivity index (χ0) is 20.1. The summed E-state index contributed by atoms with van der Waals surface area (Å²) in [5.74, 6) is 0.